The number of isocyanates is 1. The van der Waals surface area contributed by atoms with Gasteiger partial charge in [0.2, 0.25) is 6.08 Å². The predicted octanol–water partition coefficient (Wildman–Crippen LogP) is 2.15. The summed E-state index contributed by atoms with van der Waals surface area (Å²) in [6.07, 6.45) is 1.57. The van der Waals surface area contributed by atoms with E-state index in [0.717, 1.165) is 11.3 Å². The van der Waals surface area contributed by atoms with E-state index in [0.29, 0.717) is 0 Å². The van der Waals surface area contributed by atoms with Crippen molar-refractivity contribution >= 4 is 11.8 Å². The Morgan fingerprint density at radius 1 is 1.29 bits per heavy atom. The van der Waals surface area contributed by atoms with Crippen LogP contribution in [-0.4, -0.2) is 20.2 Å². The molecular formula is C11H14N2O. The molecule has 74 valence electrons. The van der Waals surface area contributed by atoms with Gasteiger partial charge in [0.1, 0.15) is 0 Å². The van der Waals surface area contributed by atoms with Gasteiger partial charge in [-0.1, -0.05) is 12.1 Å². The maximum absolute atomic E-state index is 10.1. The third-order valence-electron chi connectivity index (χ3n) is 2.14. The lowest BCUT2D eigenvalue weighted by molar-refractivity contribution is 0.559. The molecule has 1 aromatic rings. The van der Waals surface area contributed by atoms with E-state index in [1.165, 1.54) is 0 Å². The SMILES string of the molecule is CC(N=C=O)c1ccc(N(C)C)cc1. The molecule has 3 nitrogen and oxygen atoms in total. The number of nitrogens with zero attached hydrogens (tertiary/aromatic N) is 2. The van der Waals surface area contributed by atoms with E-state index in [1.54, 1.807) is 6.08 Å². The molecular weight excluding hydrogens is 176 g/mol. The molecule has 0 aliphatic carbocycles. The Kier molecular flexibility index (Phi) is 3.43. The summed E-state index contributed by atoms with van der Waals surface area (Å²) in [5.41, 5.74) is 2.16. The van der Waals surface area contributed by atoms with E-state index in [9.17, 15) is 4.79 Å². The van der Waals surface area contributed by atoms with Crippen LogP contribution < -0.4 is 4.90 Å². The van der Waals surface area contributed by atoms with Crippen molar-refractivity contribution in [2.24, 2.45) is 4.99 Å². The zero-order chi connectivity index (χ0) is 10.6. The average molecular weight is 190 g/mol. The number of hydrogen-bond acceptors (Lipinski definition) is 3. The molecule has 1 atom stereocenters. The van der Waals surface area contributed by atoms with Crippen molar-refractivity contribution in [3.8, 4) is 0 Å². The van der Waals surface area contributed by atoms with E-state index in [1.807, 2.05) is 50.2 Å². The fourth-order valence-corrected chi connectivity index (χ4v) is 1.20. The van der Waals surface area contributed by atoms with Crippen molar-refractivity contribution in [1.29, 1.82) is 0 Å². The van der Waals surface area contributed by atoms with Crippen LogP contribution >= 0.6 is 0 Å². The molecule has 0 spiro atoms. The summed E-state index contributed by atoms with van der Waals surface area (Å²) in [5.74, 6) is 0. The number of rotatable bonds is 3. The topological polar surface area (TPSA) is 32.7 Å². The van der Waals surface area contributed by atoms with Crippen LogP contribution in [0.3, 0.4) is 0 Å². The molecule has 0 bridgehead atoms. The van der Waals surface area contributed by atoms with Crippen LogP contribution in [0.1, 0.15) is 18.5 Å². The molecule has 14 heavy (non-hydrogen) atoms. The molecule has 1 rings (SSSR count). The monoisotopic (exact) mass is 190 g/mol. The first kappa shape index (κ1) is 10.5. The van der Waals surface area contributed by atoms with Gasteiger partial charge in [-0.05, 0) is 24.6 Å². The summed E-state index contributed by atoms with van der Waals surface area (Å²) in [4.78, 5) is 15.7. The zero-order valence-corrected chi connectivity index (χ0v) is 8.69. The number of aliphatic imine (C=N–C) groups is 1. The van der Waals surface area contributed by atoms with Crippen LogP contribution in [0, 0.1) is 0 Å². The molecule has 0 aliphatic rings. The van der Waals surface area contributed by atoms with Gasteiger partial charge in [-0.15, -0.1) is 0 Å². The van der Waals surface area contributed by atoms with Gasteiger partial charge in [-0.2, -0.15) is 4.99 Å². The Bertz CT molecular complexity index is 337. The largest absolute Gasteiger partial charge is 0.378 e. The first-order chi connectivity index (χ1) is 6.65. The number of anilines is 1. The molecule has 0 heterocycles. The Labute approximate surface area is 84.1 Å². The quantitative estimate of drug-likeness (QED) is 0.540. The lowest BCUT2D eigenvalue weighted by Gasteiger charge is -2.13. The fraction of sp³-hybridized carbons (Fsp3) is 0.364. The molecule has 0 saturated carbocycles. The normalized spacial score (nSPS) is 11.6. The highest BCUT2D eigenvalue weighted by molar-refractivity contribution is 5.47. The minimum atomic E-state index is -0.108. The Hall–Kier alpha value is -1.60. The van der Waals surface area contributed by atoms with E-state index in [-0.39, 0.29) is 6.04 Å². The Morgan fingerprint density at radius 3 is 2.29 bits per heavy atom. The first-order valence-electron chi connectivity index (χ1n) is 4.49. The lowest BCUT2D eigenvalue weighted by Crippen LogP contribution is -2.08. The number of hydrogen-bond donors (Lipinski definition) is 0. The lowest BCUT2D eigenvalue weighted by atomic mass is 10.1. The molecule has 0 amide bonds. The minimum absolute atomic E-state index is 0.108. The van der Waals surface area contributed by atoms with Gasteiger partial charge in [0.15, 0.2) is 0 Å². The fourth-order valence-electron chi connectivity index (χ4n) is 1.20. The van der Waals surface area contributed by atoms with Crippen molar-refractivity contribution in [3.05, 3.63) is 29.8 Å². The van der Waals surface area contributed by atoms with Crippen LogP contribution in [0.25, 0.3) is 0 Å². The summed E-state index contributed by atoms with van der Waals surface area (Å²) in [6, 6.07) is 7.85. The van der Waals surface area contributed by atoms with Crippen LogP contribution in [0.15, 0.2) is 29.3 Å². The second-order valence-corrected chi connectivity index (χ2v) is 3.38. The van der Waals surface area contributed by atoms with Gasteiger partial charge < -0.3 is 4.90 Å². The summed E-state index contributed by atoms with van der Waals surface area (Å²) in [7, 11) is 3.98. The second kappa shape index (κ2) is 4.58. The highest BCUT2D eigenvalue weighted by Gasteiger charge is 2.02. The highest BCUT2D eigenvalue weighted by Crippen LogP contribution is 2.19. The van der Waals surface area contributed by atoms with Gasteiger partial charge in [-0.3, -0.25) is 0 Å². The van der Waals surface area contributed by atoms with E-state index in [4.69, 9.17) is 0 Å². The molecule has 0 aliphatic heterocycles. The Balaban J connectivity index is 2.87. The van der Waals surface area contributed by atoms with Crippen LogP contribution in [0.5, 0.6) is 0 Å². The third-order valence-corrected chi connectivity index (χ3v) is 2.14. The van der Waals surface area contributed by atoms with Crippen molar-refractivity contribution in [1.82, 2.24) is 0 Å². The van der Waals surface area contributed by atoms with Crippen molar-refractivity contribution in [2.75, 3.05) is 19.0 Å². The van der Waals surface area contributed by atoms with E-state index < -0.39 is 0 Å². The first-order valence-corrected chi connectivity index (χ1v) is 4.49. The summed E-state index contributed by atoms with van der Waals surface area (Å²) >= 11 is 0. The van der Waals surface area contributed by atoms with Gasteiger partial charge in [0, 0.05) is 19.8 Å². The zero-order valence-electron chi connectivity index (χ0n) is 8.69. The molecule has 1 unspecified atom stereocenters. The maximum atomic E-state index is 10.1. The smallest absolute Gasteiger partial charge is 0.235 e. The Morgan fingerprint density at radius 2 is 1.86 bits per heavy atom. The minimum Gasteiger partial charge on any atom is -0.378 e. The summed E-state index contributed by atoms with van der Waals surface area (Å²) in [6.45, 7) is 1.87. The molecule has 3 heteroatoms. The molecule has 0 saturated heterocycles. The highest BCUT2D eigenvalue weighted by atomic mass is 16.1. The van der Waals surface area contributed by atoms with Crippen LogP contribution in [-0.2, 0) is 4.79 Å². The van der Waals surface area contributed by atoms with Crippen molar-refractivity contribution < 1.29 is 4.79 Å². The van der Waals surface area contributed by atoms with Gasteiger partial charge in [0.25, 0.3) is 0 Å². The second-order valence-electron chi connectivity index (χ2n) is 3.38. The maximum Gasteiger partial charge on any atom is 0.235 e. The van der Waals surface area contributed by atoms with E-state index >= 15 is 0 Å². The van der Waals surface area contributed by atoms with Gasteiger partial charge >= 0.3 is 0 Å². The van der Waals surface area contributed by atoms with Gasteiger partial charge in [0.05, 0.1) is 6.04 Å². The third kappa shape index (κ3) is 2.44. The summed E-state index contributed by atoms with van der Waals surface area (Å²) < 4.78 is 0. The predicted molar refractivity (Wildman–Crippen MR) is 57.3 cm³/mol. The standard InChI is InChI=1S/C11H14N2O/c1-9(12-8-14)10-4-6-11(7-5-10)13(2)3/h4-7,9H,1-3H3. The molecule has 0 radical (unpaired) electrons. The van der Waals surface area contributed by atoms with Crippen molar-refractivity contribution in [2.45, 2.75) is 13.0 Å². The number of carbonyl (C=O) groups excluding carboxylic acids is 1. The van der Waals surface area contributed by atoms with E-state index in [2.05, 4.69) is 4.99 Å². The molecule has 1 aromatic carbocycles. The number of benzene rings is 1. The van der Waals surface area contributed by atoms with Crippen LogP contribution in [0.2, 0.25) is 0 Å². The van der Waals surface area contributed by atoms with Gasteiger partial charge in [-0.25, -0.2) is 4.79 Å². The van der Waals surface area contributed by atoms with Crippen molar-refractivity contribution in [3.63, 3.8) is 0 Å². The van der Waals surface area contributed by atoms with Crippen LogP contribution in [0.4, 0.5) is 5.69 Å². The molecule has 0 N–H and O–H groups in total. The molecule has 0 fully saturated rings. The molecule has 0 aromatic heterocycles. The summed E-state index contributed by atoms with van der Waals surface area (Å²) in [5, 5.41) is 0. The average Bonchev–Trinajstić information content (AvgIpc) is 2.18.